The second-order valence-corrected chi connectivity index (χ2v) is 7.10. The molecule has 0 aliphatic heterocycles. The Labute approximate surface area is 156 Å². The van der Waals surface area contributed by atoms with Crippen LogP contribution in [0, 0.1) is 29.3 Å². The minimum atomic E-state index is -1.07. The number of benzene rings is 2. The highest BCUT2D eigenvalue weighted by Crippen LogP contribution is 2.40. The Morgan fingerprint density at radius 3 is 2.48 bits per heavy atom. The molecule has 2 atom stereocenters. The summed E-state index contributed by atoms with van der Waals surface area (Å²) in [6.45, 7) is 5.32. The summed E-state index contributed by atoms with van der Waals surface area (Å²) in [4.78, 5) is 11.2. The summed E-state index contributed by atoms with van der Waals surface area (Å²) >= 11 is 0. The average Bonchev–Trinajstić information content (AvgIpc) is 3.36. The normalized spacial score (nSPS) is 18.5. The number of hydrogen-bond donors (Lipinski definition) is 0. The maximum absolute atomic E-state index is 14.4. The first-order chi connectivity index (χ1) is 12.8. The number of ketones is 1. The third-order valence-corrected chi connectivity index (χ3v) is 4.51. The van der Waals surface area contributed by atoms with Crippen molar-refractivity contribution in [3.05, 3.63) is 47.8 Å². The van der Waals surface area contributed by atoms with Crippen molar-refractivity contribution in [2.45, 2.75) is 33.3 Å². The van der Waals surface area contributed by atoms with E-state index >= 15 is 0 Å². The number of hydrogen-bond acceptors (Lipinski definition) is 3. The zero-order valence-electron chi connectivity index (χ0n) is 15.4. The second-order valence-electron chi connectivity index (χ2n) is 7.10. The Kier molecular flexibility index (Phi) is 5.44. The van der Waals surface area contributed by atoms with Gasteiger partial charge in [0.05, 0.1) is 12.7 Å². The van der Waals surface area contributed by atoms with Gasteiger partial charge >= 0.3 is 0 Å². The molecular formula is C21H21F3O3. The molecule has 2 aromatic carbocycles. The van der Waals surface area contributed by atoms with Crippen molar-refractivity contribution in [2.24, 2.45) is 11.8 Å². The van der Waals surface area contributed by atoms with E-state index in [4.69, 9.17) is 9.47 Å². The molecule has 0 saturated heterocycles. The van der Waals surface area contributed by atoms with E-state index < -0.39 is 17.5 Å². The van der Waals surface area contributed by atoms with Crippen LogP contribution < -0.4 is 9.47 Å². The lowest BCUT2D eigenvalue weighted by atomic mass is 10.0. The van der Waals surface area contributed by atoms with Crippen LogP contribution in [0.15, 0.2) is 30.3 Å². The van der Waals surface area contributed by atoms with Gasteiger partial charge in [-0.05, 0) is 51.0 Å². The first-order valence-corrected chi connectivity index (χ1v) is 8.85. The zero-order valence-corrected chi connectivity index (χ0v) is 15.4. The Morgan fingerprint density at radius 1 is 1.15 bits per heavy atom. The monoisotopic (exact) mass is 378 g/mol. The summed E-state index contributed by atoms with van der Waals surface area (Å²) in [5.41, 5.74) is 0.0911. The van der Waals surface area contributed by atoms with Gasteiger partial charge in [-0.2, -0.15) is 0 Å². The van der Waals surface area contributed by atoms with Crippen LogP contribution in [0.1, 0.15) is 27.2 Å². The molecule has 0 heterocycles. The van der Waals surface area contributed by atoms with Crippen molar-refractivity contribution < 1.29 is 27.4 Å². The van der Waals surface area contributed by atoms with Crippen LogP contribution in [-0.2, 0) is 4.79 Å². The van der Waals surface area contributed by atoms with E-state index in [0.29, 0.717) is 0 Å². The van der Waals surface area contributed by atoms with E-state index in [0.717, 1.165) is 18.6 Å². The highest BCUT2D eigenvalue weighted by molar-refractivity contribution is 5.81. The van der Waals surface area contributed by atoms with Gasteiger partial charge in [-0.3, -0.25) is 4.79 Å². The number of Topliss-reactive ketones (excluding diaryl/α,β-unsaturated/α-hetero) is 1. The van der Waals surface area contributed by atoms with Crippen molar-refractivity contribution in [3.63, 3.8) is 0 Å². The molecule has 1 saturated carbocycles. The molecule has 0 aromatic heterocycles. The molecule has 0 radical (unpaired) electrons. The summed E-state index contributed by atoms with van der Waals surface area (Å²) in [6, 6.07) is 6.25. The summed E-state index contributed by atoms with van der Waals surface area (Å²) in [5.74, 6) is -2.41. The fourth-order valence-corrected chi connectivity index (χ4v) is 3.03. The molecule has 1 fully saturated rings. The number of halogens is 3. The Morgan fingerprint density at radius 2 is 1.89 bits per heavy atom. The zero-order chi connectivity index (χ0) is 19.7. The van der Waals surface area contributed by atoms with E-state index in [1.54, 1.807) is 13.8 Å². The molecule has 6 heteroatoms. The number of carbonyl (C=O) groups is 1. The van der Waals surface area contributed by atoms with Gasteiger partial charge in [0.15, 0.2) is 23.2 Å². The van der Waals surface area contributed by atoms with Crippen molar-refractivity contribution in [2.75, 3.05) is 6.61 Å². The fourth-order valence-electron chi connectivity index (χ4n) is 3.03. The van der Waals surface area contributed by atoms with Crippen molar-refractivity contribution in [3.8, 4) is 22.6 Å². The predicted molar refractivity (Wildman–Crippen MR) is 95.3 cm³/mol. The van der Waals surface area contributed by atoms with Gasteiger partial charge < -0.3 is 9.47 Å². The third-order valence-electron chi connectivity index (χ3n) is 4.51. The van der Waals surface area contributed by atoms with E-state index in [1.165, 1.54) is 25.1 Å². The van der Waals surface area contributed by atoms with Gasteiger partial charge in [-0.15, -0.1) is 0 Å². The molecule has 0 bridgehead atoms. The summed E-state index contributed by atoms with van der Waals surface area (Å²) < 4.78 is 53.3. The van der Waals surface area contributed by atoms with E-state index in [9.17, 15) is 18.0 Å². The molecule has 3 rings (SSSR count). The lowest BCUT2D eigenvalue weighted by molar-refractivity contribution is -0.118. The second kappa shape index (κ2) is 7.62. The van der Waals surface area contributed by atoms with Crippen LogP contribution in [-0.4, -0.2) is 18.5 Å². The summed E-state index contributed by atoms with van der Waals surface area (Å²) in [7, 11) is 0. The van der Waals surface area contributed by atoms with E-state index in [2.05, 4.69) is 0 Å². The molecule has 2 aromatic rings. The van der Waals surface area contributed by atoms with Crippen molar-refractivity contribution in [1.82, 2.24) is 0 Å². The number of ether oxygens (including phenoxy) is 2. The maximum Gasteiger partial charge on any atom is 0.166 e. The molecule has 1 aliphatic carbocycles. The summed E-state index contributed by atoms with van der Waals surface area (Å²) in [6.07, 6.45) is 0.541. The quantitative estimate of drug-likeness (QED) is 0.667. The van der Waals surface area contributed by atoms with E-state index in [1.807, 2.05) is 0 Å². The van der Waals surface area contributed by atoms with Crippen LogP contribution in [0.2, 0.25) is 0 Å². The van der Waals surface area contributed by atoms with Crippen LogP contribution in [0.25, 0.3) is 11.1 Å². The number of rotatable bonds is 7. The molecule has 1 aliphatic rings. The third kappa shape index (κ3) is 4.43. The van der Waals surface area contributed by atoms with Gasteiger partial charge in [0.25, 0.3) is 0 Å². The Hall–Kier alpha value is -2.50. The summed E-state index contributed by atoms with van der Waals surface area (Å²) in [5, 5.41) is 0. The van der Waals surface area contributed by atoms with Crippen LogP contribution in [0.3, 0.4) is 0 Å². The maximum atomic E-state index is 14.4. The van der Waals surface area contributed by atoms with Gasteiger partial charge in [0.2, 0.25) is 0 Å². The Bertz CT molecular complexity index is 864. The molecular weight excluding hydrogens is 357 g/mol. The molecule has 0 spiro atoms. The SMILES string of the molecule is CC(=O)C1CC1COc1ccc(-c2cc(OC(C)C)cc(F)c2F)cc1F. The first-order valence-electron chi connectivity index (χ1n) is 8.85. The van der Waals surface area contributed by atoms with Crippen LogP contribution in [0.4, 0.5) is 13.2 Å². The molecule has 27 heavy (non-hydrogen) atoms. The molecule has 3 nitrogen and oxygen atoms in total. The lowest BCUT2D eigenvalue weighted by Gasteiger charge is -2.13. The van der Waals surface area contributed by atoms with Crippen molar-refractivity contribution >= 4 is 5.78 Å². The molecule has 2 unspecified atom stereocenters. The van der Waals surface area contributed by atoms with E-state index in [-0.39, 0.29) is 53.0 Å². The van der Waals surface area contributed by atoms with Gasteiger partial charge in [-0.25, -0.2) is 13.2 Å². The fraction of sp³-hybridized carbons (Fsp3) is 0.381. The first kappa shape index (κ1) is 19.3. The van der Waals surface area contributed by atoms with Gasteiger partial charge in [-0.1, -0.05) is 6.07 Å². The highest BCUT2D eigenvalue weighted by atomic mass is 19.2. The minimum absolute atomic E-state index is 0.00639. The predicted octanol–water partition coefficient (Wildman–Crippen LogP) is 5.16. The lowest BCUT2D eigenvalue weighted by Crippen LogP contribution is -2.07. The van der Waals surface area contributed by atoms with Gasteiger partial charge in [0.1, 0.15) is 11.5 Å². The Balaban J connectivity index is 1.79. The number of carbonyl (C=O) groups excluding carboxylic acids is 1. The topological polar surface area (TPSA) is 35.5 Å². The standard InChI is InChI=1S/C21H21F3O3/c1-11(2)27-15-8-17(21(24)19(23)9-15)13-4-5-20(18(22)7-13)26-10-14-6-16(14)12(3)25/h4-5,7-9,11,14,16H,6,10H2,1-3H3. The highest BCUT2D eigenvalue weighted by Gasteiger charge is 2.41. The smallest absolute Gasteiger partial charge is 0.166 e. The molecule has 144 valence electrons. The van der Waals surface area contributed by atoms with Crippen molar-refractivity contribution in [1.29, 1.82) is 0 Å². The molecule has 0 amide bonds. The van der Waals surface area contributed by atoms with Crippen LogP contribution in [0.5, 0.6) is 11.5 Å². The van der Waals surface area contributed by atoms with Gasteiger partial charge in [0, 0.05) is 23.5 Å². The largest absolute Gasteiger partial charge is 0.491 e. The minimum Gasteiger partial charge on any atom is -0.491 e. The van der Waals surface area contributed by atoms with Crippen LogP contribution >= 0.6 is 0 Å². The average molecular weight is 378 g/mol. The molecule has 0 N–H and O–H groups in total.